The topological polar surface area (TPSA) is 49.4 Å². The molecule has 0 saturated carbocycles. The number of nitrogens with one attached hydrogen (secondary N) is 1. The van der Waals surface area contributed by atoms with Crippen molar-refractivity contribution in [3.05, 3.63) is 154 Å². The fraction of sp³-hybridized carbons (Fsp3) is 0.0857. The molecule has 1 heterocycles. The second-order valence-electron chi connectivity index (χ2n) is 9.98. The van der Waals surface area contributed by atoms with E-state index < -0.39 is 0 Å². The molecule has 0 bridgehead atoms. The molecule has 0 aliphatic carbocycles. The van der Waals surface area contributed by atoms with Crippen LogP contribution in [0.25, 0.3) is 11.1 Å². The second-order valence-corrected chi connectivity index (χ2v) is 10.4. The zero-order valence-electron chi connectivity index (χ0n) is 22.0. The van der Waals surface area contributed by atoms with Crippen molar-refractivity contribution in [2.75, 3.05) is 10.2 Å². The maximum absolute atomic E-state index is 14.0. The first-order chi connectivity index (χ1) is 19.5. The molecular formula is C35H27ClN2O2. The van der Waals surface area contributed by atoms with E-state index in [1.54, 1.807) is 18.2 Å². The summed E-state index contributed by atoms with van der Waals surface area (Å²) in [5.41, 5.74) is 8.37. The highest BCUT2D eigenvalue weighted by atomic mass is 35.5. The lowest BCUT2D eigenvalue weighted by atomic mass is 9.99. The molecule has 0 spiro atoms. The van der Waals surface area contributed by atoms with E-state index in [9.17, 15) is 9.59 Å². The number of nitrogens with zero attached hydrogens (tertiary/aromatic N) is 1. The Morgan fingerprint density at radius 1 is 0.725 bits per heavy atom. The van der Waals surface area contributed by atoms with Crippen LogP contribution in [0.15, 0.2) is 115 Å². The summed E-state index contributed by atoms with van der Waals surface area (Å²) in [5.74, 6) is -0.395. The Morgan fingerprint density at radius 2 is 1.38 bits per heavy atom. The van der Waals surface area contributed by atoms with E-state index in [0.717, 1.165) is 39.9 Å². The van der Waals surface area contributed by atoms with Gasteiger partial charge in [0.15, 0.2) is 0 Å². The first-order valence-corrected chi connectivity index (χ1v) is 13.6. The minimum atomic E-state index is -0.266. The zero-order valence-corrected chi connectivity index (χ0v) is 22.8. The van der Waals surface area contributed by atoms with E-state index in [2.05, 4.69) is 23.5 Å². The highest BCUT2D eigenvalue weighted by Crippen LogP contribution is 2.34. The smallest absolute Gasteiger partial charge is 0.258 e. The van der Waals surface area contributed by atoms with Gasteiger partial charge in [0.25, 0.3) is 11.8 Å². The van der Waals surface area contributed by atoms with Crippen molar-refractivity contribution in [1.29, 1.82) is 0 Å². The fourth-order valence-corrected chi connectivity index (χ4v) is 5.55. The van der Waals surface area contributed by atoms with Gasteiger partial charge in [0.1, 0.15) is 0 Å². The number of rotatable bonds is 4. The first-order valence-electron chi connectivity index (χ1n) is 13.2. The fourth-order valence-electron chi connectivity index (χ4n) is 5.34. The van der Waals surface area contributed by atoms with Gasteiger partial charge < -0.3 is 10.2 Å². The van der Waals surface area contributed by atoms with Crippen LogP contribution >= 0.6 is 11.6 Å². The third kappa shape index (κ3) is 4.90. The Labute approximate surface area is 238 Å². The summed E-state index contributed by atoms with van der Waals surface area (Å²) in [7, 11) is 0. The van der Waals surface area contributed by atoms with Gasteiger partial charge in [-0.15, -0.1) is 0 Å². The van der Waals surface area contributed by atoms with Gasteiger partial charge in [0, 0.05) is 16.8 Å². The van der Waals surface area contributed by atoms with Gasteiger partial charge in [0.05, 0.1) is 17.3 Å². The van der Waals surface area contributed by atoms with Crippen LogP contribution in [0, 0.1) is 6.92 Å². The predicted molar refractivity (Wildman–Crippen MR) is 162 cm³/mol. The molecule has 1 aliphatic heterocycles. The number of para-hydroxylation sites is 1. The van der Waals surface area contributed by atoms with Crippen LogP contribution in [0.2, 0.25) is 5.02 Å². The molecule has 5 aromatic rings. The predicted octanol–water partition coefficient (Wildman–Crippen LogP) is 8.32. The monoisotopic (exact) mass is 542 g/mol. The third-order valence-electron chi connectivity index (χ3n) is 7.40. The molecule has 5 aromatic carbocycles. The Morgan fingerprint density at radius 3 is 2.17 bits per heavy atom. The average Bonchev–Trinajstić information content (AvgIpc) is 3.16. The number of carbonyl (C=O) groups is 2. The van der Waals surface area contributed by atoms with Gasteiger partial charge in [-0.2, -0.15) is 0 Å². The summed E-state index contributed by atoms with van der Waals surface area (Å²) in [4.78, 5) is 29.2. The van der Waals surface area contributed by atoms with Gasteiger partial charge in [-0.05, 0) is 71.0 Å². The zero-order chi connectivity index (χ0) is 27.6. The molecule has 0 aromatic heterocycles. The molecule has 196 valence electrons. The largest absolute Gasteiger partial charge is 0.321 e. The maximum Gasteiger partial charge on any atom is 0.258 e. The van der Waals surface area contributed by atoms with Crippen LogP contribution in [-0.2, 0) is 13.0 Å². The molecular weight excluding hydrogens is 516 g/mol. The summed E-state index contributed by atoms with van der Waals surface area (Å²) in [5, 5.41) is 3.27. The first kappa shape index (κ1) is 25.6. The van der Waals surface area contributed by atoms with Crippen molar-refractivity contribution in [1.82, 2.24) is 0 Å². The molecule has 0 atom stereocenters. The minimum Gasteiger partial charge on any atom is -0.321 e. The van der Waals surface area contributed by atoms with Gasteiger partial charge in [-0.1, -0.05) is 103 Å². The van der Waals surface area contributed by atoms with E-state index in [0.29, 0.717) is 28.4 Å². The number of anilines is 2. The van der Waals surface area contributed by atoms with Crippen molar-refractivity contribution < 1.29 is 9.59 Å². The Balaban J connectivity index is 1.31. The molecule has 6 rings (SSSR count). The molecule has 1 N–H and O–H groups in total. The molecule has 2 amide bonds. The van der Waals surface area contributed by atoms with Crippen molar-refractivity contribution >= 4 is 34.8 Å². The second kappa shape index (κ2) is 10.8. The van der Waals surface area contributed by atoms with Gasteiger partial charge in [0.2, 0.25) is 0 Å². The number of hydrogen-bond donors (Lipinski definition) is 1. The lowest BCUT2D eigenvalue weighted by Gasteiger charge is -2.24. The van der Waals surface area contributed by atoms with Gasteiger partial charge in [-0.25, -0.2) is 0 Å². The van der Waals surface area contributed by atoms with E-state index in [-0.39, 0.29) is 11.8 Å². The molecule has 0 radical (unpaired) electrons. The number of carbonyl (C=O) groups excluding carboxylic acids is 2. The van der Waals surface area contributed by atoms with Crippen molar-refractivity contribution in [3.8, 4) is 11.1 Å². The minimum absolute atomic E-state index is 0.129. The van der Waals surface area contributed by atoms with Gasteiger partial charge in [-0.3, -0.25) is 9.59 Å². The van der Waals surface area contributed by atoms with E-state index in [1.807, 2.05) is 90.7 Å². The highest BCUT2D eigenvalue weighted by Gasteiger charge is 2.26. The van der Waals surface area contributed by atoms with Crippen LogP contribution in [0.4, 0.5) is 11.4 Å². The SMILES string of the molecule is Cc1cc(NC(=O)c2ccccc2-c2ccccc2)c(Cl)cc1C(=O)N1Cc2ccccc2Cc2ccccc21. The van der Waals surface area contributed by atoms with E-state index >= 15 is 0 Å². The van der Waals surface area contributed by atoms with Crippen LogP contribution < -0.4 is 10.2 Å². The Bertz CT molecular complexity index is 1750. The molecule has 5 heteroatoms. The number of aryl methyl sites for hydroxylation is 1. The van der Waals surface area contributed by atoms with E-state index in [1.165, 1.54) is 5.56 Å². The molecule has 0 fully saturated rings. The quantitative estimate of drug-likeness (QED) is 0.248. The Kier molecular flexibility index (Phi) is 6.93. The van der Waals surface area contributed by atoms with Crippen LogP contribution in [0.5, 0.6) is 0 Å². The third-order valence-corrected chi connectivity index (χ3v) is 7.72. The lowest BCUT2D eigenvalue weighted by molar-refractivity contribution is 0.0983. The van der Waals surface area contributed by atoms with Crippen LogP contribution in [0.3, 0.4) is 0 Å². The van der Waals surface area contributed by atoms with Crippen molar-refractivity contribution in [2.45, 2.75) is 19.9 Å². The summed E-state index contributed by atoms with van der Waals surface area (Å²) in [6.45, 7) is 2.34. The normalized spacial score (nSPS) is 12.2. The summed E-state index contributed by atoms with van der Waals surface area (Å²) >= 11 is 6.70. The highest BCUT2D eigenvalue weighted by molar-refractivity contribution is 6.34. The standard InChI is InChI=1S/C35H27ClN2O2/c1-23-19-32(37-34(39)29-17-9-8-16-28(29)24-11-3-2-4-12-24)31(36)21-30(23)35(40)38-22-27-15-6-5-13-25(27)20-26-14-7-10-18-33(26)38/h2-19,21H,20,22H2,1H3,(H,37,39). The number of benzene rings is 5. The summed E-state index contributed by atoms with van der Waals surface area (Å²) < 4.78 is 0. The molecule has 0 saturated heterocycles. The molecule has 1 aliphatic rings. The number of amides is 2. The summed E-state index contributed by atoms with van der Waals surface area (Å²) in [6.07, 6.45) is 0.769. The van der Waals surface area contributed by atoms with E-state index in [4.69, 9.17) is 11.6 Å². The number of halogens is 1. The van der Waals surface area contributed by atoms with Crippen LogP contribution in [-0.4, -0.2) is 11.8 Å². The number of hydrogen-bond acceptors (Lipinski definition) is 2. The molecule has 4 nitrogen and oxygen atoms in total. The molecule has 0 unspecified atom stereocenters. The average molecular weight is 543 g/mol. The molecule has 40 heavy (non-hydrogen) atoms. The van der Waals surface area contributed by atoms with Crippen molar-refractivity contribution in [3.63, 3.8) is 0 Å². The van der Waals surface area contributed by atoms with Gasteiger partial charge >= 0.3 is 0 Å². The summed E-state index contributed by atoms with van der Waals surface area (Å²) in [6, 6.07) is 37.0. The number of fused-ring (bicyclic) bond motifs is 2. The van der Waals surface area contributed by atoms with Crippen LogP contribution in [0.1, 0.15) is 43.0 Å². The maximum atomic E-state index is 14.0. The lowest BCUT2D eigenvalue weighted by Crippen LogP contribution is -2.31. The Hall–Kier alpha value is -4.67. The van der Waals surface area contributed by atoms with Crippen molar-refractivity contribution in [2.24, 2.45) is 0 Å².